The molecule has 2 amide bonds. The van der Waals surface area contributed by atoms with Crippen molar-refractivity contribution in [3.05, 3.63) is 69.0 Å². The Morgan fingerprint density at radius 1 is 0.950 bits per heavy atom. The molecule has 0 fully saturated rings. The second kappa shape index (κ2) is 6.47. The van der Waals surface area contributed by atoms with Crippen molar-refractivity contribution in [1.29, 1.82) is 0 Å². The number of hydrogen-bond donors (Lipinski definition) is 2. The predicted molar refractivity (Wildman–Crippen MR) is 80.5 cm³/mol. The third-order valence-corrected chi connectivity index (χ3v) is 3.44. The number of hydrazine groups is 1. The molecule has 2 aromatic carbocycles. The van der Waals surface area contributed by atoms with E-state index in [9.17, 15) is 14.0 Å². The summed E-state index contributed by atoms with van der Waals surface area (Å²) in [4.78, 5) is 23.6. The van der Waals surface area contributed by atoms with Crippen LogP contribution in [-0.2, 0) is 0 Å². The Balaban J connectivity index is 2.01. The molecule has 0 bridgehead atoms. The number of nitrogens with one attached hydrogen (secondary N) is 2. The summed E-state index contributed by atoms with van der Waals surface area (Å²) in [5, 5.41) is 0. The lowest BCUT2D eigenvalue weighted by molar-refractivity contribution is 0.0846. The SMILES string of the molecule is O=C(NNC(=O)c1ccccc1I)c1cccc(F)c1. The third-order valence-electron chi connectivity index (χ3n) is 2.49. The van der Waals surface area contributed by atoms with Crippen LogP contribution < -0.4 is 10.9 Å². The van der Waals surface area contributed by atoms with E-state index in [1.54, 1.807) is 18.2 Å². The number of hydrogen-bond acceptors (Lipinski definition) is 2. The third kappa shape index (κ3) is 3.53. The summed E-state index contributed by atoms with van der Waals surface area (Å²) in [6, 6.07) is 12.2. The molecule has 102 valence electrons. The number of carbonyl (C=O) groups is 2. The molecule has 0 heterocycles. The Morgan fingerprint density at radius 3 is 2.35 bits per heavy atom. The van der Waals surface area contributed by atoms with Gasteiger partial charge in [0, 0.05) is 9.13 Å². The molecule has 0 aromatic heterocycles. The Hall–Kier alpha value is -1.96. The zero-order chi connectivity index (χ0) is 14.5. The first-order valence-corrected chi connectivity index (χ1v) is 6.76. The highest BCUT2D eigenvalue weighted by Gasteiger charge is 2.11. The Kier molecular flexibility index (Phi) is 4.67. The number of halogens is 2. The molecule has 0 atom stereocenters. The van der Waals surface area contributed by atoms with Gasteiger partial charge in [0.05, 0.1) is 5.56 Å². The summed E-state index contributed by atoms with van der Waals surface area (Å²) in [5.74, 6) is -1.52. The lowest BCUT2D eigenvalue weighted by atomic mass is 10.2. The normalized spacial score (nSPS) is 9.90. The quantitative estimate of drug-likeness (QED) is 0.618. The van der Waals surface area contributed by atoms with E-state index >= 15 is 0 Å². The van der Waals surface area contributed by atoms with Gasteiger partial charge in [0.15, 0.2) is 0 Å². The summed E-state index contributed by atoms with van der Waals surface area (Å²) >= 11 is 2.03. The molecule has 0 unspecified atom stereocenters. The van der Waals surface area contributed by atoms with Crippen molar-refractivity contribution in [1.82, 2.24) is 10.9 Å². The summed E-state index contributed by atoms with van der Waals surface area (Å²) in [6.07, 6.45) is 0. The van der Waals surface area contributed by atoms with E-state index in [0.717, 1.165) is 9.64 Å². The van der Waals surface area contributed by atoms with Gasteiger partial charge >= 0.3 is 0 Å². The lowest BCUT2D eigenvalue weighted by Crippen LogP contribution is -2.41. The minimum absolute atomic E-state index is 0.132. The van der Waals surface area contributed by atoms with E-state index in [0.29, 0.717) is 5.56 Å². The molecule has 0 aliphatic heterocycles. The first-order valence-electron chi connectivity index (χ1n) is 5.68. The van der Waals surface area contributed by atoms with Crippen LogP contribution in [0.15, 0.2) is 48.5 Å². The highest BCUT2D eigenvalue weighted by Crippen LogP contribution is 2.10. The first-order chi connectivity index (χ1) is 9.58. The Bertz CT molecular complexity index is 661. The number of rotatable bonds is 2. The topological polar surface area (TPSA) is 58.2 Å². The maximum Gasteiger partial charge on any atom is 0.270 e. The maximum atomic E-state index is 13.0. The summed E-state index contributed by atoms with van der Waals surface area (Å²) in [6.45, 7) is 0. The Labute approximate surface area is 128 Å². The second-order valence-electron chi connectivity index (χ2n) is 3.90. The van der Waals surface area contributed by atoms with Crippen LogP contribution in [0, 0.1) is 9.39 Å². The molecule has 20 heavy (non-hydrogen) atoms. The highest BCUT2D eigenvalue weighted by molar-refractivity contribution is 14.1. The van der Waals surface area contributed by atoms with E-state index in [1.165, 1.54) is 18.2 Å². The number of carbonyl (C=O) groups excluding carboxylic acids is 2. The second-order valence-corrected chi connectivity index (χ2v) is 5.06. The summed E-state index contributed by atoms with van der Waals surface area (Å²) in [5.41, 5.74) is 5.12. The fraction of sp³-hybridized carbons (Fsp3) is 0. The van der Waals surface area contributed by atoms with Crippen molar-refractivity contribution >= 4 is 34.4 Å². The van der Waals surface area contributed by atoms with E-state index in [4.69, 9.17) is 0 Å². The van der Waals surface area contributed by atoms with Gasteiger partial charge in [0.2, 0.25) is 0 Å². The van der Waals surface area contributed by atoms with Gasteiger partial charge in [-0.2, -0.15) is 0 Å². The van der Waals surface area contributed by atoms with Gasteiger partial charge in [-0.1, -0.05) is 18.2 Å². The minimum atomic E-state index is -0.580. The summed E-state index contributed by atoms with van der Waals surface area (Å²) in [7, 11) is 0. The van der Waals surface area contributed by atoms with Crippen LogP contribution in [0.4, 0.5) is 4.39 Å². The molecule has 0 aliphatic carbocycles. The molecule has 0 saturated carbocycles. The van der Waals surface area contributed by atoms with Crippen molar-refractivity contribution in [3.8, 4) is 0 Å². The van der Waals surface area contributed by atoms with Crippen LogP contribution in [0.2, 0.25) is 0 Å². The molecule has 4 nitrogen and oxygen atoms in total. The standard InChI is InChI=1S/C14H10FIN2O2/c15-10-5-3-4-9(8-10)13(19)17-18-14(20)11-6-1-2-7-12(11)16/h1-8H,(H,17,19)(H,18,20). The number of benzene rings is 2. The van der Waals surface area contributed by atoms with Gasteiger partial charge in [-0.05, 0) is 52.9 Å². The van der Waals surface area contributed by atoms with Crippen LogP contribution >= 0.6 is 22.6 Å². The fourth-order valence-electron chi connectivity index (χ4n) is 1.53. The number of amides is 2. The molecule has 6 heteroatoms. The molecule has 2 rings (SSSR count). The highest BCUT2D eigenvalue weighted by atomic mass is 127. The van der Waals surface area contributed by atoms with Crippen molar-refractivity contribution < 1.29 is 14.0 Å². The zero-order valence-corrected chi connectivity index (χ0v) is 12.3. The van der Waals surface area contributed by atoms with Crippen molar-refractivity contribution in [2.75, 3.05) is 0 Å². The van der Waals surface area contributed by atoms with Crippen LogP contribution in [-0.4, -0.2) is 11.8 Å². The van der Waals surface area contributed by atoms with Crippen molar-refractivity contribution in [2.45, 2.75) is 0 Å². The van der Waals surface area contributed by atoms with Gasteiger partial charge < -0.3 is 0 Å². The molecule has 0 saturated heterocycles. The molecular formula is C14H10FIN2O2. The minimum Gasteiger partial charge on any atom is -0.267 e. The van der Waals surface area contributed by atoms with Gasteiger partial charge in [-0.3, -0.25) is 20.4 Å². The molecule has 0 radical (unpaired) electrons. The van der Waals surface area contributed by atoms with Crippen LogP contribution in [0.25, 0.3) is 0 Å². The van der Waals surface area contributed by atoms with Crippen LogP contribution in [0.5, 0.6) is 0 Å². The van der Waals surface area contributed by atoms with Crippen LogP contribution in [0.3, 0.4) is 0 Å². The molecule has 2 N–H and O–H groups in total. The average molecular weight is 384 g/mol. The summed E-state index contributed by atoms with van der Waals surface area (Å²) < 4.78 is 13.7. The Morgan fingerprint density at radius 2 is 1.65 bits per heavy atom. The predicted octanol–water partition coefficient (Wildman–Crippen LogP) is 2.51. The lowest BCUT2D eigenvalue weighted by Gasteiger charge is -2.08. The molecule has 0 spiro atoms. The molecule has 0 aliphatic rings. The van der Waals surface area contributed by atoms with E-state index in [2.05, 4.69) is 10.9 Å². The first kappa shape index (κ1) is 14.4. The maximum absolute atomic E-state index is 13.0. The van der Waals surface area contributed by atoms with Gasteiger partial charge in [0.1, 0.15) is 5.82 Å². The van der Waals surface area contributed by atoms with E-state index < -0.39 is 17.6 Å². The van der Waals surface area contributed by atoms with E-state index in [-0.39, 0.29) is 5.56 Å². The van der Waals surface area contributed by atoms with Crippen molar-refractivity contribution in [3.63, 3.8) is 0 Å². The monoisotopic (exact) mass is 384 g/mol. The van der Waals surface area contributed by atoms with Crippen molar-refractivity contribution in [2.24, 2.45) is 0 Å². The molecular weight excluding hydrogens is 374 g/mol. The van der Waals surface area contributed by atoms with Gasteiger partial charge in [0.25, 0.3) is 11.8 Å². The largest absolute Gasteiger partial charge is 0.270 e. The zero-order valence-electron chi connectivity index (χ0n) is 10.2. The van der Waals surface area contributed by atoms with E-state index in [1.807, 2.05) is 28.7 Å². The fourth-order valence-corrected chi connectivity index (χ4v) is 2.16. The van der Waals surface area contributed by atoms with Gasteiger partial charge in [-0.15, -0.1) is 0 Å². The smallest absolute Gasteiger partial charge is 0.267 e. The average Bonchev–Trinajstić information content (AvgIpc) is 2.45. The van der Waals surface area contributed by atoms with Gasteiger partial charge in [-0.25, -0.2) is 4.39 Å². The molecule has 2 aromatic rings. The van der Waals surface area contributed by atoms with Crippen LogP contribution in [0.1, 0.15) is 20.7 Å².